The molecule has 0 saturated carbocycles. The molecule has 0 spiro atoms. The van der Waals surface area contributed by atoms with Gasteiger partial charge in [0.15, 0.2) is 11.5 Å². The highest BCUT2D eigenvalue weighted by atomic mass is 16.7. The molecule has 1 fully saturated rings. The zero-order chi connectivity index (χ0) is 21.5. The number of pyridine rings is 1. The quantitative estimate of drug-likeness (QED) is 0.626. The summed E-state index contributed by atoms with van der Waals surface area (Å²) >= 11 is 0. The summed E-state index contributed by atoms with van der Waals surface area (Å²) < 4.78 is 11.0. The van der Waals surface area contributed by atoms with E-state index in [2.05, 4.69) is 65.4 Å². The molecule has 0 unspecified atom stereocenters. The first kappa shape index (κ1) is 19.5. The van der Waals surface area contributed by atoms with Crippen molar-refractivity contribution in [1.82, 2.24) is 14.8 Å². The smallest absolute Gasteiger partial charge is 0.231 e. The predicted molar refractivity (Wildman–Crippen MR) is 126 cm³/mol. The average molecular weight is 426 g/mol. The Kier molecular flexibility index (Phi) is 4.93. The Morgan fingerprint density at radius 3 is 2.47 bits per heavy atom. The van der Waals surface area contributed by atoms with E-state index in [-0.39, 0.29) is 0 Å². The first-order chi connectivity index (χ1) is 15.7. The predicted octanol–water partition coefficient (Wildman–Crippen LogP) is 4.21. The molecule has 162 valence electrons. The summed E-state index contributed by atoms with van der Waals surface area (Å²) in [6.45, 7) is 5.90. The van der Waals surface area contributed by atoms with Crippen LogP contribution in [0.15, 0.2) is 60.8 Å². The lowest BCUT2D eigenvalue weighted by molar-refractivity contribution is 0.148. The molecule has 1 aliphatic carbocycles. The Morgan fingerprint density at radius 1 is 0.844 bits per heavy atom. The van der Waals surface area contributed by atoms with E-state index in [9.17, 15) is 0 Å². The third-order valence-corrected chi connectivity index (χ3v) is 6.73. The molecule has 0 radical (unpaired) electrons. The first-order valence-corrected chi connectivity index (χ1v) is 11.3. The zero-order valence-electron chi connectivity index (χ0n) is 18.4. The van der Waals surface area contributed by atoms with Crippen molar-refractivity contribution in [2.45, 2.75) is 13.0 Å². The van der Waals surface area contributed by atoms with Gasteiger partial charge in [0.1, 0.15) is 0 Å². The summed E-state index contributed by atoms with van der Waals surface area (Å²) in [5, 5.41) is 0. The summed E-state index contributed by atoms with van der Waals surface area (Å²) in [4.78, 5) is 9.72. The number of aromatic nitrogens is 1. The number of benzene rings is 2. The average Bonchev–Trinajstić information content (AvgIpc) is 3.47. The lowest BCUT2D eigenvalue weighted by Crippen LogP contribution is -2.43. The van der Waals surface area contributed by atoms with Crippen molar-refractivity contribution in [3.63, 3.8) is 0 Å². The molecule has 0 bridgehead atoms. The summed E-state index contributed by atoms with van der Waals surface area (Å²) in [5.41, 5.74) is 8.45. The second-order valence-electron chi connectivity index (χ2n) is 8.88. The fourth-order valence-corrected chi connectivity index (χ4v) is 4.76. The molecule has 6 rings (SSSR count). The van der Waals surface area contributed by atoms with Gasteiger partial charge in [0.05, 0.1) is 5.69 Å². The molecule has 3 aromatic rings. The van der Waals surface area contributed by atoms with Gasteiger partial charge in [-0.05, 0) is 47.5 Å². The van der Waals surface area contributed by atoms with E-state index in [0.717, 1.165) is 67.5 Å². The summed E-state index contributed by atoms with van der Waals surface area (Å²) in [6, 6.07) is 17.4. The van der Waals surface area contributed by atoms with Crippen LogP contribution in [0, 0.1) is 0 Å². The summed E-state index contributed by atoms with van der Waals surface area (Å²) in [6.07, 6.45) is 5.13. The molecule has 3 aliphatic rings. The van der Waals surface area contributed by atoms with Gasteiger partial charge in [-0.2, -0.15) is 0 Å². The van der Waals surface area contributed by atoms with Crippen LogP contribution < -0.4 is 9.47 Å². The van der Waals surface area contributed by atoms with Crippen LogP contribution in [0.25, 0.3) is 16.7 Å². The number of likely N-dealkylation sites (N-methyl/N-ethyl adjacent to an activating group) is 1. The fourth-order valence-electron chi connectivity index (χ4n) is 4.76. The minimum atomic E-state index is 0.297. The van der Waals surface area contributed by atoms with Crippen molar-refractivity contribution in [3.05, 3.63) is 83.2 Å². The van der Waals surface area contributed by atoms with Gasteiger partial charge < -0.3 is 14.4 Å². The van der Waals surface area contributed by atoms with Gasteiger partial charge in [-0.1, -0.05) is 36.4 Å². The highest BCUT2D eigenvalue weighted by Crippen LogP contribution is 2.39. The summed E-state index contributed by atoms with van der Waals surface area (Å²) in [5.74, 6) is 1.63. The summed E-state index contributed by atoms with van der Waals surface area (Å²) in [7, 11) is 2.20. The molecule has 1 saturated heterocycles. The maximum atomic E-state index is 5.58. The number of hydrogen-bond donors (Lipinski definition) is 0. The minimum absolute atomic E-state index is 0.297. The van der Waals surface area contributed by atoms with Gasteiger partial charge in [-0.15, -0.1) is 0 Å². The third kappa shape index (κ3) is 3.68. The van der Waals surface area contributed by atoms with Crippen LogP contribution in [0.1, 0.15) is 22.4 Å². The molecule has 5 heteroatoms. The Hall–Kier alpha value is -3.15. The van der Waals surface area contributed by atoms with Crippen LogP contribution >= 0.6 is 0 Å². The Bertz CT molecular complexity index is 1180. The van der Waals surface area contributed by atoms with Crippen molar-refractivity contribution >= 4 is 5.57 Å². The fraction of sp³-hybridized carbons (Fsp3) is 0.296. The van der Waals surface area contributed by atoms with Crippen molar-refractivity contribution < 1.29 is 9.47 Å². The number of fused-ring (bicyclic) bond motifs is 2. The lowest BCUT2D eigenvalue weighted by atomic mass is 9.97. The molecule has 32 heavy (non-hydrogen) atoms. The van der Waals surface area contributed by atoms with E-state index >= 15 is 0 Å². The Balaban J connectivity index is 1.22. The molecule has 2 aliphatic heterocycles. The monoisotopic (exact) mass is 425 g/mol. The Morgan fingerprint density at radius 2 is 1.62 bits per heavy atom. The van der Waals surface area contributed by atoms with Crippen LogP contribution in [0.4, 0.5) is 0 Å². The van der Waals surface area contributed by atoms with Crippen LogP contribution in [-0.2, 0) is 13.0 Å². The van der Waals surface area contributed by atoms with Gasteiger partial charge in [-0.25, -0.2) is 0 Å². The van der Waals surface area contributed by atoms with Crippen LogP contribution in [0.3, 0.4) is 0 Å². The van der Waals surface area contributed by atoms with E-state index in [1.165, 1.54) is 22.3 Å². The molecule has 0 atom stereocenters. The van der Waals surface area contributed by atoms with Crippen molar-refractivity contribution in [3.8, 4) is 22.6 Å². The van der Waals surface area contributed by atoms with Crippen molar-refractivity contribution in [2.24, 2.45) is 0 Å². The number of hydrogen-bond acceptors (Lipinski definition) is 5. The molecule has 1 aromatic heterocycles. The standard InChI is InChI=1S/C27H27N3O2/c1-29-10-12-30(13-11-29)17-19-2-4-20(5-3-19)22-14-24-23(7-8-25(24)28-16-22)21-6-9-26-27(15-21)32-18-31-26/h2-7,9,14-16H,8,10-13,17-18H2,1H3. The van der Waals surface area contributed by atoms with Gasteiger partial charge in [0, 0.05) is 56.5 Å². The molecule has 0 amide bonds. The zero-order valence-corrected chi connectivity index (χ0v) is 18.4. The topological polar surface area (TPSA) is 37.8 Å². The molecule has 0 N–H and O–H groups in total. The normalized spacial score (nSPS) is 18.0. The maximum Gasteiger partial charge on any atom is 0.231 e. The highest BCUT2D eigenvalue weighted by molar-refractivity contribution is 5.86. The molecule has 3 heterocycles. The molecule has 5 nitrogen and oxygen atoms in total. The third-order valence-electron chi connectivity index (χ3n) is 6.73. The number of piperazine rings is 1. The van der Waals surface area contributed by atoms with Crippen LogP contribution in [0.2, 0.25) is 0 Å². The Labute approximate surface area is 188 Å². The van der Waals surface area contributed by atoms with Crippen molar-refractivity contribution in [1.29, 1.82) is 0 Å². The van der Waals surface area contributed by atoms with Gasteiger partial charge >= 0.3 is 0 Å². The first-order valence-electron chi connectivity index (χ1n) is 11.3. The minimum Gasteiger partial charge on any atom is -0.454 e. The van der Waals surface area contributed by atoms with Crippen LogP contribution in [-0.4, -0.2) is 54.8 Å². The second-order valence-corrected chi connectivity index (χ2v) is 8.88. The van der Waals surface area contributed by atoms with E-state index in [4.69, 9.17) is 14.5 Å². The maximum absolute atomic E-state index is 5.58. The van der Waals surface area contributed by atoms with E-state index in [0.29, 0.717) is 6.79 Å². The van der Waals surface area contributed by atoms with Gasteiger partial charge in [-0.3, -0.25) is 9.88 Å². The largest absolute Gasteiger partial charge is 0.454 e. The van der Waals surface area contributed by atoms with Gasteiger partial charge in [0.2, 0.25) is 6.79 Å². The molecule has 2 aromatic carbocycles. The number of ether oxygens (including phenoxy) is 2. The lowest BCUT2D eigenvalue weighted by Gasteiger charge is -2.32. The van der Waals surface area contributed by atoms with Crippen LogP contribution in [0.5, 0.6) is 11.5 Å². The van der Waals surface area contributed by atoms with Gasteiger partial charge in [0.25, 0.3) is 0 Å². The number of nitrogens with zero attached hydrogens (tertiary/aromatic N) is 3. The highest BCUT2D eigenvalue weighted by Gasteiger charge is 2.21. The van der Waals surface area contributed by atoms with E-state index in [1.54, 1.807) is 0 Å². The molecular formula is C27H27N3O2. The number of rotatable bonds is 4. The SMILES string of the molecule is CN1CCN(Cc2ccc(-c3cnc4c(c3)C(c3ccc5c(c3)OCO5)=CC4)cc2)CC1. The number of allylic oxidation sites excluding steroid dienone is 1. The van der Waals surface area contributed by atoms with Crippen molar-refractivity contribution in [2.75, 3.05) is 40.0 Å². The van der Waals surface area contributed by atoms with E-state index in [1.807, 2.05) is 12.3 Å². The van der Waals surface area contributed by atoms with E-state index < -0.39 is 0 Å². The molecular weight excluding hydrogens is 398 g/mol. The second kappa shape index (κ2) is 8.08.